The van der Waals surface area contributed by atoms with Crippen LogP contribution in [-0.2, 0) is 9.47 Å². The second-order valence-electron chi connectivity index (χ2n) is 4.04. The molecule has 0 bridgehead atoms. The van der Waals surface area contributed by atoms with Gasteiger partial charge in [0.15, 0.2) is 0 Å². The number of nitrogens with one attached hydrogen (secondary N) is 1. The van der Waals surface area contributed by atoms with Gasteiger partial charge in [-0.25, -0.2) is 4.98 Å². The first-order valence-electron chi connectivity index (χ1n) is 6.30. The highest BCUT2D eigenvalue weighted by molar-refractivity contribution is 5.93. The van der Waals surface area contributed by atoms with Crippen molar-refractivity contribution in [2.75, 3.05) is 39.2 Å². The summed E-state index contributed by atoms with van der Waals surface area (Å²) in [5.41, 5.74) is 5.97. The lowest BCUT2D eigenvalue weighted by Crippen LogP contribution is -2.24. The second-order valence-corrected chi connectivity index (χ2v) is 4.04. The smallest absolute Gasteiger partial charge is 0.252 e. The Bertz CT molecular complexity index is 368. The van der Waals surface area contributed by atoms with Crippen LogP contribution in [-0.4, -0.2) is 44.4 Å². The topological polar surface area (TPSA) is 86.5 Å². The third-order valence-corrected chi connectivity index (χ3v) is 2.48. The number of pyridine rings is 1. The SMILES string of the molecule is COCCOCCCCNC(=O)c1ccc(N)nc1. The number of methoxy groups -OCH3 is 1. The van der Waals surface area contributed by atoms with Crippen molar-refractivity contribution in [3.8, 4) is 0 Å². The molecule has 6 heteroatoms. The van der Waals surface area contributed by atoms with Crippen LogP contribution in [0, 0.1) is 0 Å². The van der Waals surface area contributed by atoms with E-state index in [1.807, 2.05) is 0 Å². The molecule has 106 valence electrons. The minimum Gasteiger partial charge on any atom is -0.384 e. The maximum Gasteiger partial charge on any atom is 0.252 e. The molecule has 0 aromatic carbocycles. The predicted octanol–water partition coefficient (Wildman–Crippen LogP) is 0.837. The van der Waals surface area contributed by atoms with E-state index in [-0.39, 0.29) is 5.91 Å². The number of rotatable bonds is 9. The molecule has 0 unspecified atom stereocenters. The van der Waals surface area contributed by atoms with Gasteiger partial charge >= 0.3 is 0 Å². The molecule has 1 aromatic heterocycles. The zero-order valence-corrected chi connectivity index (χ0v) is 11.2. The van der Waals surface area contributed by atoms with Crippen LogP contribution in [0.15, 0.2) is 18.3 Å². The summed E-state index contributed by atoms with van der Waals surface area (Å²) in [5.74, 6) is 0.276. The van der Waals surface area contributed by atoms with Crippen LogP contribution in [0.2, 0.25) is 0 Å². The first-order chi connectivity index (χ1) is 9.24. The van der Waals surface area contributed by atoms with E-state index in [1.54, 1.807) is 19.2 Å². The molecule has 0 radical (unpaired) electrons. The molecule has 0 aliphatic rings. The molecule has 0 fully saturated rings. The molecule has 19 heavy (non-hydrogen) atoms. The third kappa shape index (κ3) is 6.73. The quantitative estimate of drug-likeness (QED) is 0.647. The van der Waals surface area contributed by atoms with Crippen LogP contribution >= 0.6 is 0 Å². The number of nitrogen functional groups attached to an aromatic ring is 1. The molecule has 1 rings (SSSR count). The van der Waals surface area contributed by atoms with E-state index in [0.717, 1.165) is 12.8 Å². The van der Waals surface area contributed by atoms with Gasteiger partial charge in [0.2, 0.25) is 0 Å². The number of unbranched alkanes of at least 4 members (excludes halogenated alkanes) is 1. The minimum absolute atomic E-state index is 0.132. The summed E-state index contributed by atoms with van der Waals surface area (Å²) in [6, 6.07) is 3.27. The summed E-state index contributed by atoms with van der Waals surface area (Å²) in [6.07, 6.45) is 3.25. The van der Waals surface area contributed by atoms with E-state index >= 15 is 0 Å². The highest BCUT2D eigenvalue weighted by Gasteiger charge is 2.04. The Hall–Kier alpha value is -1.66. The molecule has 6 nitrogen and oxygen atoms in total. The minimum atomic E-state index is -0.132. The van der Waals surface area contributed by atoms with Gasteiger partial charge in [-0.1, -0.05) is 0 Å². The molecular weight excluding hydrogens is 246 g/mol. The Morgan fingerprint density at radius 2 is 2.16 bits per heavy atom. The lowest BCUT2D eigenvalue weighted by Gasteiger charge is -2.06. The largest absolute Gasteiger partial charge is 0.384 e. The number of amides is 1. The number of anilines is 1. The number of aromatic nitrogens is 1. The van der Waals surface area contributed by atoms with Crippen LogP contribution in [0.4, 0.5) is 5.82 Å². The normalized spacial score (nSPS) is 10.4. The van der Waals surface area contributed by atoms with Crippen LogP contribution in [0.3, 0.4) is 0 Å². The number of nitrogens with two attached hydrogens (primary N) is 1. The Morgan fingerprint density at radius 1 is 1.32 bits per heavy atom. The van der Waals surface area contributed by atoms with Gasteiger partial charge < -0.3 is 20.5 Å². The Morgan fingerprint density at radius 3 is 2.84 bits per heavy atom. The van der Waals surface area contributed by atoms with Gasteiger partial charge in [-0.15, -0.1) is 0 Å². The zero-order chi connectivity index (χ0) is 13.9. The van der Waals surface area contributed by atoms with Crippen molar-refractivity contribution >= 4 is 11.7 Å². The number of nitrogens with zero attached hydrogens (tertiary/aromatic N) is 1. The molecule has 0 spiro atoms. The predicted molar refractivity (Wildman–Crippen MR) is 72.9 cm³/mol. The van der Waals surface area contributed by atoms with Gasteiger partial charge in [-0.2, -0.15) is 0 Å². The Labute approximate surface area is 113 Å². The summed E-state index contributed by atoms with van der Waals surface area (Å²) < 4.78 is 10.2. The lowest BCUT2D eigenvalue weighted by atomic mass is 10.2. The van der Waals surface area contributed by atoms with Crippen molar-refractivity contribution in [3.05, 3.63) is 23.9 Å². The van der Waals surface area contributed by atoms with E-state index < -0.39 is 0 Å². The summed E-state index contributed by atoms with van der Waals surface area (Å²) in [4.78, 5) is 15.6. The highest BCUT2D eigenvalue weighted by atomic mass is 16.5. The van der Waals surface area contributed by atoms with Gasteiger partial charge in [-0.3, -0.25) is 4.79 Å². The molecule has 0 saturated carbocycles. The Kier molecular flexibility index (Phi) is 7.53. The maximum absolute atomic E-state index is 11.7. The monoisotopic (exact) mass is 267 g/mol. The second kappa shape index (κ2) is 9.29. The summed E-state index contributed by atoms with van der Waals surface area (Å²) in [5, 5.41) is 2.82. The van der Waals surface area contributed by atoms with E-state index in [9.17, 15) is 4.79 Å². The first kappa shape index (κ1) is 15.4. The zero-order valence-electron chi connectivity index (χ0n) is 11.2. The van der Waals surface area contributed by atoms with Gasteiger partial charge in [0.1, 0.15) is 5.82 Å². The number of carbonyl (C=O) groups excluding carboxylic acids is 1. The van der Waals surface area contributed by atoms with Gasteiger partial charge in [0.25, 0.3) is 5.91 Å². The molecule has 1 amide bonds. The van der Waals surface area contributed by atoms with Crippen molar-refractivity contribution in [3.63, 3.8) is 0 Å². The van der Waals surface area contributed by atoms with E-state index in [0.29, 0.717) is 37.7 Å². The van der Waals surface area contributed by atoms with Crippen molar-refractivity contribution in [1.29, 1.82) is 0 Å². The van der Waals surface area contributed by atoms with E-state index in [4.69, 9.17) is 15.2 Å². The van der Waals surface area contributed by atoms with Crippen LogP contribution < -0.4 is 11.1 Å². The highest BCUT2D eigenvalue weighted by Crippen LogP contribution is 2.01. The maximum atomic E-state index is 11.7. The fraction of sp³-hybridized carbons (Fsp3) is 0.538. The fourth-order valence-electron chi connectivity index (χ4n) is 1.42. The molecule has 1 aromatic rings. The average Bonchev–Trinajstić information content (AvgIpc) is 2.42. The number of ether oxygens (including phenoxy) is 2. The fourth-order valence-corrected chi connectivity index (χ4v) is 1.42. The number of carbonyl (C=O) groups is 1. The molecule has 0 saturated heterocycles. The average molecular weight is 267 g/mol. The van der Waals surface area contributed by atoms with E-state index in [2.05, 4.69) is 10.3 Å². The summed E-state index contributed by atoms with van der Waals surface area (Å²) in [7, 11) is 1.64. The van der Waals surface area contributed by atoms with Crippen LogP contribution in [0.5, 0.6) is 0 Å². The van der Waals surface area contributed by atoms with Crippen molar-refractivity contribution in [2.45, 2.75) is 12.8 Å². The van der Waals surface area contributed by atoms with Gasteiger partial charge in [0, 0.05) is 26.5 Å². The van der Waals surface area contributed by atoms with Crippen LogP contribution in [0.1, 0.15) is 23.2 Å². The van der Waals surface area contributed by atoms with Gasteiger partial charge in [-0.05, 0) is 25.0 Å². The molecule has 1 heterocycles. The molecule has 0 aliphatic heterocycles. The van der Waals surface area contributed by atoms with Crippen molar-refractivity contribution < 1.29 is 14.3 Å². The summed E-state index contributed by atoms with van der Waals surface area (Å²) in [6.45, 7) is 2.53. The first-order valence-corrected chi connectivity index (χ1v) is 6.30. The summed E-state index contributed by atoms with van der Waals surface area (Å²) >= 11 is 0. The Balaban J connectivity index is 2.06. The molecule has 3 N–H and O–H groups in total. The lowest BCUT2D eigenvalue weighted by molar-refractivity contribution is 0.0686. The molecule has 0 aliphatic carbocycles. The molecular formula is C13H21N3O3. The standard InChI is InChI=1S/C13H21N3O3/c1-18-8-9-19-7-3-2-6-15-13(17)11-4-5-12(14)16-10-11/h4-5,10H,2-3,6-9H2,1H3,(H2,14,16)(H,15,17). The van der Waals surface area contributed by atoms with Crippen molar-refractivity contribution in [2.24, 2.45) is 0 Å². The number of hydrogen-bond donors (Lipinski definition) is 2. The number of hydrogen-bond acceptors (Lipinski definition) is 5. The third-order valence-electron chi connectivity index (χ3n) is 2.48. The van der Waals surface area contributed by atoms with Gasteiger partial charge in [0.05, 0.1) is 18.8 Å². The van der Waals surface area contributed by atoms with E-state index in [1.165, 1.54) is 6.20 Å². The molecule has 0 atom stereocenters. The van der Waals surface area contributed by atoms with Crippen LogP contribution in [0.25, 0.3) is 0 Å². The van der Waals surface area contributed by atoms with Crippen molar-refractivity contribution in [1.82, 2.24) is 10.3 Å².